The SMILES string of the molecule is CC1(C)CC(OC(=O)N2CCN(C(Cc3ccc(C#N)cc3)c3cnc[nH]3)CC2)CC(C)(C)C1. The number of aromatic amines is 1. The molecule has 1 aliphatic carbocycles. The molecule has 0 spiro atoms. The maximum atomic E-state index is 13.0. The molecule has 182 valence electrons. The standard InChI is InChI=1S/C27H37N5O2/c1-26(2)14-22(15-27(3,4)18-26)34-25(33)32-11-9-31(10-12-32)24(23-17-29-19-30-23)13-20-5-7-21(16-28)8-6-20/h5-8,17,19,22,24H,9-15,18H2,1-4H3,(H,29,30). The Balaban J connectivity index is 1.36. The van der Waals surface area contributed by atoms with Crippen molar-refractivity contribution in [1.82, 2.24) is 19.8 Å². The monoisotopic (exact) mass is 463 g/mol. The number of carbonyl (C=O) groups is 1. The highest BCUT2D eigenvalue weighted by atomic mass is 16.6. The Bertz CT molecular complexity index is 983. The molecule has 1 atom stereocenters. The largest absolute Gasteiger partial charge is 0.446 e. The van der Waals surface area contributed by atoms with Crippen LogP contribution in [0, 0.1) is 22.2 Å². The molecule has 2 heterocycles. The fourth-order valence-electron chi connectivity index (χ4n) is 6.08. The van der Waals surface area contributed by atoms with E-state index in [0.717, 1.165) is 44.5 Å². The van der Waals surface area contributed by atoms with Crippen molar-refractivity contribution in [3.05, 3.63) is 53.6 Å². The van der Waals surface area contributed by atoms with E-state index < -0.39 is 0 Å². The van der Waals surface area contributed by atoms with E-state index in [1.54, 1.807) is 6.33 Å². The Morgan fingerprint density at radius 1 is 1.15 bits per heavy atom. The molecule has 34 heavy (non-hydrogen) atoms. The number of hydrogen-bond donors (Lipinski definition) is 1. The molecule has 1 aliphatic heterocycles. The summed E-state index contributed by atoms with van der Waals surface area (Å²) in [5, 5.41) is 9.07. The number of benzene rings is 1. The van der Waals surface area contributed by atoms with Crippen molar-refractivity contribution in [3.8, 4) is 6.07 Å². The molecule has 2 aromatic rings. The molecule has 1 saturated heterocycles. The quantitative estimate of drug-likeness (QED) is 0.680. The van der Waals surface area contributed by atoms with E-state index in [2.05, 4.69) is 48.6 Å². The summed E-state index contributed by atoms with van der Waals surface area (Å²) >= 11 is 0. The number of imidazole rings is 1. The van der Waals surface area contributed by atoms with Crippen LogP contribution in [0.25, 0.3) is 0 Å². The van der Waals surface area contributed by atoms with Crippen LogP contribution >= 0.6 is 0 Å². The summed E-state index contributed by atoms with van der Waals surface area (Å²) in [5.74, 6) is 0. The number of carbonyl (C=O) groups excluding carboxylic acids is 1. The molecule has 0 radical (unpaired) electrons. The summed E-state index contributed by atoms with van der Waals surface area (Å²) in [6.45, 7) is 11.9. The van der Waals surface area contributed by atoms with Gasteiger partial charge in [0, 0.05) is 32.4 Å². The number of hydrogen-bond acceptors (Lipinski definition) is 5. The summed E-state index contributed by atoms with van der Waals surface area (Å²) in [5.41, 5.74) is 3.27. The van der Waals surface area contributed by atoms with E-state index in [9.17, 15) is 4.79 Å². The van der Waals surface area contributed by atoms with Crippen molar-refractivity contribution in [2.24, 2.45) is 10.8 Å². The first-order chi connectivity index (χ1) is 16.1. The van der Waals surface area contributed by atoms with Crippen LogP contribution in [0.3, 0.4) is 0 Å². The van der Waals surface area contributed by atoms with Crippen molar-refractivity contribution in [3.63, 3.8) is 0 Å². The van der Waals surface area contributed by atoms with E-state index >= 15 is 0 Å². The molecule has 1 aromatic heterocycles. The van der Waals surface area contributed by atoms with Gasteiger partial charge in [-0.25, -0.2) is 9.78 Å². The number of piperazine rings is 1. The Kier molecular flexibility index (Phi) is 6.99. The lowest BCUT2D eigenvalue weighted by atomic mass is 9.64. The van der Waals surface area contributed by atoms with E-state index in [4.69, 9.17) is 10.00 Å². The first-order valence-electron chi connectivity index (χ1n) is 12.3. The maximum Gasteiger partial charge on any atom is 0.410 e. The maximum absolute atomic E-state index is 13.0. The highest BCUT2D eigenvalue weighted by Crippen LogP contribution is 2.46. The van der Waals surface area contributed by atoms with E-state index in [-0.39, 0.29) is 29.1 Å². The van der Waals surface area contributed by atoms with Gasteiger partial charge < -0.3 is 14.6 Å². The van der Waals surface area contributed by atoms with Crippen molar-refractivity contribution in [2.75, 3.05) is 26.2 Å². The minimum atomic E-state index is -0.177. The summed E-state index contributed by atoms with van der Waals surface area (Å²) in [4.78, 5) is 24.7. The Morgan fingerprint density at radius 2 is 1.79 bits per heavy atom. The smallest absolute Gasteiger partial charge is 0.410 e. The van der Waals surface area contributed by atoms with Crippen molar-refractivity contribution in [1.29, 1.82) is 5.26 Å². The normalized spacial score (nSPS) is 21.6. The molecule has 1 saturated carbocycles. The van der Waals surface area contributed by atoms with Crippen molar-refractivity contribution in [2.45, 2.75) is 65.5 Å². The molecule has 0 bridgehead atoms. The Hall–Kier alpha value is -2.85. The Labute approximate surface area is 203 Å². The van der Waals surface area contributed by atoms with Gasteiger partial charge in [0.05, 0.1) is 29.7 Å². The van der Waals surface area contributed by atoms with Crippen LogP contribution in [-0.2, 0) is 11.2 Å². The minimum Gasteiger partial charge on any atom is -0.446 e. The van der Waals surface area contributed by atoms with Gasteiger partial charge in [-0.2, -0.15) is 5.26 Å². The number of aromatic nitrogens is 2. The van der Waals surface area contributed by atoms with Gasteiger partial charge in [0.15, 0.2) is 0 Å². The number of nitrogens with zero attached hydrogens (tertiary/aromatic N) is 4. The van der Waals surface area contributed by atoms with E-state index in [1.165, 1.54) is 5.56 Å². The molecule has 1 N–H and O–H groups in total. The van der Waals surface area contributed by atoms with Crippen LogP contribution in [0.2, 0.25) is 0 Å². The number of nitrogens with one attached hydrogen (secondary N) is 1. The van der Waals surface area contributed by atoms with E-state index in [1.807, 2.05) is 35.4 Å². The fourth-order valence-corrected chi connectivity index (χ4v) is 6.08. The van der Waals surface area contributed by atoms with Gasteiger partial charge in [-0.1, -0.05) is 39.8 Å². The topological polar surface area (TPSA) is 85.2 Å². The molecule has 2 aliphatic rings. The first kappa shape index (κ1) is 24.3. The van der Waals surface area contributed by atoms with E-state index in [0.29, 0.717) is 18.7 Å². The molecule has 1 aromatic carbocycles. The van der Waals surface area contributed by atoms with Crippen LogP contribution < -0.4 is 0 Å². The highest BCUT2D eigenvalue weighted by molar-refractivity contribution is 5.68. The third kappa shape index (κ3) is 5.98. The van der Waals surface area contributed by atoms with Crippen molar-refractivity contribution >= 4 is 6.09 Å². The average molecular weight is 464 g/mol. The Morgan fingerprint density at radius 3 is 2.35 bits per heavy atom. The zero-order valence-electron chi connectivity index (χ0n) is 20.9. The predicted octanol–water partition coefficient (Wildman–Crippen LogP) is 4.92. The first-order valence-corrected chi connectivity index (χ1v) is 12.3. The van der Waals surface area contributed by atoms with Crippen LogP contribution in [0.1, 0.15) is 69.8 Å². The second-order valence-corrected chi connectivity index (χ2v) is 11.5. The number of H-pyrrole nitrogens is 1. The molecule has 7 heteroatoms. The van der Waals surface area contributed by atoms with Gasteiger partial charge in [-0.05, 0) is 54.2 Å². The van der Waals surface area contributed by atoms with Gasteiger partial charge in [-0.15, -0.1) is 0 Å². The molecular formula is C27H37N5O2. The van der Waals surface area contributed by atoms with Crippen LogP contribution in [-0.4, -0.2) is 58.1 Å². The molecular weight excluding hydrogens is 426 g/mol. The third-order valence-electron chi connectivity index (χ3n) is 7.19. The highest BCUT2D eigenvalue weighted by Gasteiger charge is 2.40. The summed E-state index contributed by atoms with van der Waals surface area (Å²) < 4.78 is 6.01. The summed E-state index contributed by atoms with van der Waals surface area (Å²) in [6, 6.07) is 10.1. The second kappa shape index (κ2) is 9.79. The van der Waals surface area contributed by atoms with Gasteiger partial charge in [0.1, 0.15) is 6.10 Å². The van der Waals surface area contributed by atoms with Crippen LogP contribution in [0.15, 0.2) is 36.8 Å². The van der Waals surface area contributed by atoms with Gasteiger partial charge in [0.2, 0.25) is 0 Å². The molecule has 1 amide bonds. The molecule has 4 rings (SSSR count). The molecule has 7 nitrogen and oxygen atoms in total. The second-order valence-electron chi connectivity index (χ2n) is 11.5. The minimum absolute atomic E-state index is 0.0154. The van der Waals surface area contributed by atoms with Gasteiger partial charge in [0.25, 0.3) is 0 Å². The van der Waals surface area contributed by atoms with Crippen LogP contribution in [0.5, 0.6) is 0 Å². The fraction of sp³-hybridized carbons (Fsp3) is 0.593. The van der Waals surface area contributed by atoms with Gasteiger partial charge in [-0.3, -0.25) is 4.90 Å². The lowest BCUT2D eigenvalue weighted by Crippen LogP contribution is -2.51. The zero-order chi connectivity index (χ0) is 24.3. The average Bonchev–Trinajstić information content (AvgIpc) is 3.30. The number of amides is 1. The number of rotatable bonds is 5. The summed E-state index contributed by atoms with van der Waals surface area (Å²) in [7, 11) is 0. The zero-order valence-corrected chi connectivity index (χ0v) is 20.9. The molecule has 1 unspecified atom stereocenters. The van der Waals surface area contributed by atoms with Gasteiger partial charge >= 0.3 is 6.09 Å². The molecule has 2 fully saturated rings. The lowest BCUT2D eigenvalue weighted by Gasteiger charge is -2.45. The van der Waals surface area contributed by atoms with Crippen LogP contribution in [0.4, 0.5) is 4.79 Å². The lowest BCUT2D eigenvalue weighted by molar-refractivity contribution is -0.0295. The third-order valence-corrected chi connectivity index (χ3v) is 7.19. The summed E-state index contributed by atoms with van der Waals surface area (Å²) in [6.07, 6.45) is 7.21. The number of nitriles is 1. The van der Waals surface area contributed by atoms with Crippen molar-refractivity contribution < 1.29 is 9.53 Å². The number of ether oxygens (including phenoxy) is 1. The predicted molar refractivity (Wildman–Crippen MR) is 131 cm³/mol.